The number of para-hydroxylation sites is 1. The molecule has 1 saturated heterocycles. The van der Waals surface area contributed by atoms with Gasteiger partial charge >= 0.3 is 0 Å². The second-order valence-corrected chi connectivity index (χ2v) is 10.6. The summed E-state index contributed by atoms with van der Waals surface area (Å²) in [6.07, 6.45) is 9.18. The number of halogens is 1. The molecule has 190 valence electrons. The maximum absolute atomic E-state index is 3.83. The van der Waals surface area contributed by atoms with E-state index in [2.05, 4.69) is 112 Å². The summed E-state index contributed by atoms with van der Waals surface area (Å²) in [6.45, 7) is 4.48. The number of likely N-dealkylation sites (tertiary alicyclic amines) is 1. The molecule has 37 heavy (non-hydrogen) atoms. The maximum Gasteiger partial charge on any atom is 0.240 e. The lowest BCUT2D eigenvalue weighted by molar-refractivity contribution is -0.616. The van der Waals surface area contributed by atoms with Gasteiger partial charge in [-0.2, -0.15) is 4.57 Å². The lowest BCUT2D eigenvalue weighted by Gasteiger charge is -2.16. The van der Waals surface area contributed by atoms with E-state index >= 15 is 0 Å². The Balaban J connectivity index is 0.00000280. The van der Waals surface area contributed by atoms with Crippen LogP contribution in [0.5, 0.6) is 0 Å². The van der Waals surface area contributed by atoms with E-state index < -0.39 is 0 Å². The summed E-state index contributed by atoms with van der Waals surface area (Å²) >= 11 is 1.77. The van der Waals surface area contributed by atoms with E-state index in [1.165, 1.54) is 80.5 Å². The number of hydrogen-bond donors (Lipinski definition) is 2. The summed E-state index contributed by atoms with van der Waals surface area (Å²) in [6, 6.07) is 24.2. The van der Waals surface area contributed by atoms with Crippen molar-refractivity contribution in [2.24, 2.45) is 7.05 Å². The van der Waals surface area contributed by atoms with E-state index in [0.717, 1.165) is 13.1 Å². The molecule has 2 N–H and O–H groups in total. The minimum atomic E-state index is 0. The molecule has 1 fully saturated rings. The molecule has 2 aromatic heterocycles. The average molecular weight is 621 g/mol. The highest BCUT2D eigenvalue weighted by Crippen LogP contribution is 2.34. The number of aromatic amines is 1. The number of nitrogens with one attached hydrogen (secondary N) is 2. The molecular formula is C31H33IN4S. The molecular weight excluding hydrogens is 587 g/mol. The van der Waals surface area contributed by atoms with E-state index in [-0.39, 0.29) is 24.0 Å². The number of pyridine rings is 1. The van der Waals surface area contributed by atoms with E-state index in [1.54, 1.807) is 11.8 Å². The fourth-order valence-corrected chi connectivity index (χ4v) is 5.90. The molecule has 0 saturated carbocycles. The zero-order valence-corrected chi connectivity index (χ0v) is 24.4. The number of thioether (sulfide) groups is 1. The van der Waals surface area contributed by atoms with E-state index in [1.807, 2.05) is 0 Å². The van der Waals surface area contributed by atoms with Crippen LogP contribution in [0.1, 0.15) is 24.0 Å². The van der Waals surface area contributed by atoms with Crippen LogP contribution in [0.2, 0.25) is 0 Å². The fourth-order valence-electron chi connectivity index (χ4n) is 5.49. The maximum atomic E-state index is 3.83. The van der Waals surface area contributed by atoms with Crippen LogP contribution in [0, 0.1) is 0 Å². The van der Waals surface area contributed by atoms with Crippen LogP contribution >= 0.6 is 11.8 Å². The monoisotopic (exact) mass is 620 g/mol. The third kappa shape index (κ3) is 5.24. The molecule has 0 amide bonds. The van der Waals surface area contributed by atoms with Gasteiger partial charge in [-0.3, -0.25) is 0 Å². The van der Waals surface area contributed by atoms with Crippen molar-refractivity contribution in [2.75, 3.05) is 37.8 Å². The van der Waals surface area contributed by atoms with E-state index in [0.29, 0.717) is 0 Å². The third-order valence-corrected chi connectivity index (χ3v) is 8.17. The van der Waals surface area contributed by atoms with Gasteiger partial charge in [0, 0.05) is 24.1 Å². The average Bonchev–Trinajstić information content (AvgIpc) is 3.58. The predicted octanol–water partition coefficient (Wildman–Crippen LogP) is 3.70. The van der Waals surface area contributed by atoms with Gasteiger partial charge in [-0.05, 0) is 73.6 Å². The highest BCUT2D eigenvalue weighted by molar-refractivity contribution is 7.98. The molecule has 0 aliphatic carbocycles. The largest absolute Gasteiger partial charge is 1.00 e. The normalized spacial score (nSPS) is 14.2. The zero-order valence-electron chi connectivity index (χ0n) is 21.4. The molecule has 1 aliphatic rings. The van der Waals surface area contributed by atoms with Gasteiger partial charge in [0.1, 0.15) is 12.6 Å². The number of hydrogen-bond acceptors (Lipinski definition) is 3. The van der Waals surface area contributed by atoms with Crippen LogP contribution in [0.15, 0.2) is 71.6 Å². The van der Waals surface area contributed by atoms with Gasteiger partial charge < -0.3 is 39.2 Å². The molecule has 0 radical (unpaired) electrons. The Morgan fingerprint density at radius 1 is 0.946 bits per heavy atom. The zero-order chi connectivity index (χ0) is 24.5. The van der Waals surface area contributed by atoms with Gasteiger partial charge in [-0.1, -0.05) is 42.5 Å². The minimum Gasteiger partial charge on any atom is -1.00 e. The van der Waals surface area contributed by atoms with Gasteiger partial charge in [0.15, 0.2) is 0 Å². The predicted molar refractivity (Wildman–Crippen MR) is 156 cm³/mol. The first-order valence-corrected chi connectivity index (χ1v) is 14.1. The number of fused-ring (bicyclic) bond motifs is 4. The molecule has 3 heterocycles. The molecule has 0 spiro atoms. The summed E-state index contributed by atoms with van der Waals surface area (Å²) in [5.74, 6) is 0. The third-order valence-electron chi connectivity index (χ3n) is 7.43. The molecule has 3 aromatic carbocycles. The first-order valence-electron chi connectivity index (χ1n) is 12.9. The summed E-state index contributed by atoms with van der Waals surface area (Å²) in [5, 5.41) is 6.34. The molecule has 6 heteroatoms. The Bertz CT molecular complexity index is 1570. The molecule has 6 rings (SSSR count). The van der Waals surface area contributed by atoms with Crippen LogP contribution in [-0.2, 0) is 7.05 Å². The first kappa shape index (κ1) is 26.1. The van der Waals surface area contributed by atoms with E-state index in [4.69, 9.17) is 0 Å². The molecule has 0 unspecified atom stereocenters. The Morgan fingerprint density at radius 2 is 1.68 bits per heavy atom. The van der Waals surface area contributed by atoms with Crippen LogP contribution in [0.25, 0.3) is 45.0 Å². The van der Waals surface area contributed by atoms with Crippen molar-refractivity contribution in [3.05, 3.63) is 77.9 Å². The van der Waals surface area contributed by atoms with Gasteiger partial charge in [-0.25, -0.2) is 0 Å². The van der Waals surface area contributed by atoms with Crippen molar-refractivity contribution in [1.82, 2.24) is 9.88 Å². The van der Waals surface area contributed by atoms with Crippen LogP contribution < -0.4 is 33.9 Å². The summed E-state index contributed by atoms with van der Waals surface area (Å²) < 4.78 is 2.35. The van der Waals surface area contributed by atoms with E-state index in [9.17, 15) is 0 Å². The lowest BCUT2D eigenvalue weighted by Crippen LogP contribution is -3.00. The van der Waals surface area contributed by atoms with Crippen molar-refractivity contribution in [1.29, 1.82) is 0 Å². The first-order chi connectivity index (χ1) is 17.7. The van der Waals surface area contributed by atoms with Crippen molar-refractivity contribution in [2.45, 2.75) is 17.7 Å². The number of nitrogens with zero attached hydrogens (tertiary/aromatic N) is 2. The Labute approximate surface area is 240 Å². The quantitative estimate of drug-likeness (QED) is 0.126. The minimum absolute atomic E-state index is 0. The summed E-state index contributed by atoms with van der Waals surface area (Å²) in [7, 11) is 2.19. The topological polar surface area (TPSA) is 34.9 Å². The SMILES string of the molecule is CSc1ccc(/C=C/c2ccc3c(NCCN4CCCC4)c4[nH]c5ccccc5c4[n+](C)c3c2)cc1.[I-]. The fraction of sp³-hybridized carbons (Fsp3) is 0.258. The second-order valence-electron chi connectivity index (χ2n) is 9.69. The van der Waals surface area contributed by atoms with Crippen molar-refractivity contribution in [3.63, 3.8) is 0 Å². The lowest BCUT2D eigenvalue weighted by atomic mass is 10.1. The van der Waals surface area contributed by atoms with Gasteiger partial charge in [0.2, 0.25) is 11.0 Å². The van der Waals surface area contributed by atoms with Gasteiger partial charge in [0.25, 0.3) is 0 Å². The molecule has 0 bridgehead atoms. The number of aryl methyl sites for hydroxylation is 1. The van der Waals surface area contributed by atoms with Crippen LogP contribution in [0.4, 0.5) is 5.69 Å². The Kier molecular flexibility index (Phi) is 8.07. The highest BCUT2D eigenvalue weighted by Gasteiger charge is 2.23. The highest BCUT2D eigenvalue weighted by atomic mass is 127. The van der Waals surface area contributed by atoms with Crippen molar-refractivity contribution < 1.29 is 28.5 Å². The Hall–Kier alpha value is -2.55. The number of benzene rings is 3. The number of rotatable bonds is 7. The van der Waals surface area contributed by atoms with Crippen LogP contribution in [0.3, 0.4) is 0 Å². The molecule has 0 atom stereocenters. The second kappa shape index (κ2) is 11.5. The Morgan fingerprint density at radius 3 is 2.46 bits per heavy atom. The number of aromatic nitrogens is 2. The molecule has 4 nitrogen and oxygen atoms in total. The molecule has 5 aromatic rings. The number of H-pyrrole nitrogens is 1. The standard InChI is InChI=1S/C31H32N4S.HI/c1-34-28-21-23(10-9-22-11-14-24(36-2)15-12-22)13-16-26(28)29(32-17-20-35-18-5-6-19-35)30-31(34)25-7-3-4-8-27(25)33-30;/h3-4,7-16,21H,5-6,17-20H2,1-2H3,(H,32,33);1H/b10-9+;. The van der Waals surface area contributed by atoms with Gasteiger partial charge in [-0.15, -0.1) is 11.8 Å². The molecule has 1 aliphatic heterocycles. The number of anilines is 1. The van der Waals surface area contributed by atoms with Gasteiger partial charge in [0.05, 0.1) is 22.0 Å². The summed E-state index contributed by atoms with van der Waals surface area (Å²) in [5.41, 5.74) is 8.46. The van der Waals surface area contributed by atoms with Crippen LogP contribution in [-0.4, -0.2) is 42.3 Å². The summed E-state index contributed by atoms with van der Waals surface area (Å²) in [4.78, 5) is 7.57. The van der Waals surface area contributed by atoms with Crippen molar-refractivity contribution in [3.8, 4) is 0 Å². The smallest absolute Gasteiger partial charge is 0.240 e. The van der Waals surface area contributed by atoms with Crippen molar-refractivity contribution >= 4 is 62.4 Å².